The second kappa shape index (κ2) is 3.20. The number of benzene rings is 1. The summed E-state index contributed by atoms with van der Waals surface area (Å²) in [6, 6.07) is 5.12. The van der Waals surface area contributed by atoms with Crippen LogP contribution < -0.4 is 0 Å². The fraction of sp³-hybridized carbons (Fsp3) is 0.100. The van der Waals surface area contributed by atoms with Gasteiger partial charge in [-0.1, -0.05) is 0 Å². The van der Waals surface area contributed by atoms with Crippen molar-refractivity contribution < 1.29 is 10.2 Å². The molecule has 0 bridgehead atoms. The number of rotatable bonds is 1. The molecule has 0 fully saturated rings. The summed E-state index contributed by atoms with van der Waals surface area (Å²) in [5.74, 6) is 0.221. The minimum absolute atomic E-state index is 0.104. The Bertz CT molecular complexity index is 525. The van der Waals surface area contributed by atoms with E-state index in [0.717, 1.165) is 0 Å². The van der Waals surface area contributed by atoms with Crippen molar-refractivity contribution in [2.24, 2.45) is 0 Å². The van der Waals surface area contributed by atoms with Gasteiger partial charge in [0.2, 0.25) is 0 Å². The van der Waals surface area contributed by atoms with Gasteiger partial charge in [-0.3, -0.25) is 0 Å². The monoisotopic (exact) mass is 205 g/mol. The van der Waals surface area contributed by atoms with Crippen molar-refractivity contribution in [2.75, 3.05) is 0 Å². The number of thiophene rings is 1. The summed E-state index contributed by atoms with van der Waals surface area (Å²) in [6.45, 7) is 0. The predicted molar refractivity (Wildman–Crippen MR) is 54.5 cm³/mol. The quantitative estimate of drug-likeness (QED) is 0.702. The number of hydrogen-bond donors (Lipinski definition) is 2. The summed E-state index contributed by atoms with van der Waals surface area (Å²) < 4.78 is 0.634. The molecule has 2 N–H and O–H groups in total. The Kier molecular flexibility index (Phi) is 2.02. The van der Waals surface area contributed by atoms with E-state index in [-0.39, 0.29) is 17.9 Å². The Morgan fingerprint density at radius 1 is 1.43 bits per heavy atom. The van der Waals surface area contributed by atoms with Crippen LogP contribution in [0.25, 0.3) is 10.1 Å². The lowest BCUT2D eigenvalue weighted by molar-refractivity contribution is 0.466. The second-order valence-electron chi connectivity index (χ2n) is 2.90. The molecule has 0 aliphatic carbocycles. The summed E-state index contributed by atoms with van der Waals surface area (Å²) in [5, 5.41) is 30.3. The molecular weight excluding hydrogens is 198 g/mol. The fourth-order valence-corrected chi connectivity index (χ4v) is 2.25. The van der Waals surface area contributed by atoms with E-state index in [0.29, 0.717) is 15.6 Å². The zero-order valence-corrected chi connectivity index (χ0v) is 8.01. The molecule has 1 heterocycles. The van der Waals surface area contributed by atoms with E-state index in [4.69, 9.17) is 5.26 Å². The van der Waals surface area contributed by atoms with Gasteiger partial charge in [0, 0.05) is 10.9 Å². The fourth-order valence-electron chi connectivity index (χ4n) is 1.37. The maximum atomic E-state index is 9.74. The highest BCUT2D eigenvalue weighted by molar-refractivity contribution is 7.17. The zero-order chi connectivity index (χ0) is 10.1. The molecule has 2 aromatic rings. The molecule has 0 spiro atoms. The van der Waals surface area contributed by atoms with Crippen molar-refractivity contribution in [3.63, 3.8) is 0 Å². The van der Waals surface area contributed by atoms with Gasteiger partial charge in [-0.05, 0) is 17.5 Å². The number of phenols is 2. The van der Waals surface area contributed by atoms with Crippen molar-refractivity contribution in [1.29, 1.82) is 5.26 Å². The Hall–Kier alpha value is -1.73. The first-order chi connectivity index (χ1) is 6.74. The van der Waals surface area contributed by atoms with Crippen molar-refractivity contribution in [1.82, 2.24) is 0 Å². The first-order valence-electron chi connectivity index (χ1n) is 4.02. The summed E-state index contributed by atoms with van der Waals surface area (Å²) in [4.78, 5) is 0. The van der Waals surface area contributed by atoms with Gasteiger partial charge in [-0.2, -0.15) is 5.26 Å². The summed E-state index contributed by atoms with van der Waals surface area (Å²) in [6.07, 6.45) is 0.104. The number of fused-ring (bicyclic) bond motifs is 1. The van der Waals surface area contributed by atoms with E-state index in [1.807, 2.05) is 6.07 Å². The van der Waals surface area contributed by atoms with E-state index in [9.17, 15) is 10.2 Å². The molecule has 0 amide bonds. The number of phenolic OH excluding ortho intramolecular Hbond substituents is 2. The van der Waals surface area contributed by atoms with Crippen molar-refractivity contribution in [3.8, 4) is 17.6 Å². The highest BCUT2D eigenvalue weighted by Crippen LogP contribution is 2.38. The number of nitrogens with zero attached hydrogens (tertiary/aromatic N) is 1. The van der Waals surface area contributed by atoms with Gasteiger partial charge in [0.15, 0.2) is 0 Å². The van der Waals surface area contributed by atoms with Crippen molar-refractivity contribution in [3.05, 3.63) is 23.1 Å². The van der Waals surface area contributed by atoms with Gasteiger partial charge in [0.1, 0.15) is 11.5 Å². The standard InChI is InChI=1S/C10H7NO2S/c11-3-1-6-5-8(12)7-2-4-14-10(7)9(6)13/h2,4-5,12-13H,1H2. The lowest BCUT2D eigenvalue weighted by Gasteiger charge is -2.03. The second-order valence-corrected chi connectivity index (χ2v) is 3.82. The molecule has 4 heteroatoms. The minimum Gasteiger partial charge on any atom is -0.507 e. The molecule has 14 heavy (non-hydrogen) atoms. The van der Waals surface area contributed by atoms with E-state index < -0.39 is 0 Å². The Balaban J connectivity index is 2.76. The normalized spacial score (nSPS) is 10.2. The Morgan fingerprint density at radius 2 is 2.21 bits per heavy atom. The minimum atomic E-state index is 0.104. The third kappa shape index (κ3) is 1.19. The highest BCUT2D eigenvalue weighted by Gasteiger charge is 2.11. The van der Waals surface area contributed by atoms with Gasteiger partial charge in [0.05, 0.1) is 17.2 Å². The van der Waals surface area contributed by atoms with E-state index in [1.165, 1.54) is 17.4 Å². The van der Waals surface area contributed by atoms with Gasteiger partial charge in [0.25, 0.3) is 0 Å². The lowest BCUT2D eigenvalue weighted by atomic mass is 10.1. The van der Waals surface area contributed by atoms with Crippen LogP contribution >= 0.6 is 11.3 Å². The zero-order valence-electron chi connectivity index (χ0n) is 7.19. The molecule has 0 saturated heterocycles. The molecule has 0 aliphatic rings. The third-order valence-electron chi connectivity index (χ3n) is 2.04. The van der Waals surface area contributed by atoms with Crippen LogP contribution in [-0.4, -0.2) is 10.2 Å². The first kappa shape index (κ1) is 8.85. The summed E-state index contributed by atoms with van der Waals surface area (Å²) in [5.41, 5.74) is 0.472. The maximum Gasteiger partial charge on any atom is 0.137 e. The molecule has 70 valence electrons. The third-order valence-corrected chi connectivity index (χ3v) is 2.96. The highest BCUT2D eigenvalue weighted by atomic mass is 32.1. The molecular formula is C10H7NO2S. The van der Waals surface area contributed by atoms with Crippen LogP contribution in [0.3, 0.4) is 0 Å². The number of nitriles is 1. The first-order valence-corrected chi connectivity index (χ1v) is 4.90. The number of aromatic hydroxyl groups is 2. The lowest BCUT2D eigenvalue weighted by Crippen LogP contribution is -1.83. The van der Waals surface area contributed by atoms with Crippen LogP contribution in [0.15, 0.2) is 17.5 Å². The molecule has 0 atom stereocenters. The molecule has 0 aliphatic heterocycles. The number of hydrogen-bond acceptors (Lipinski definition) is 4. The van der Waals surface area contributed by atoms with Crippen LogP contribution in [0.4, 0.5) is 0 Å². The predicted octanol–water partition coefficient (Wildman–Crippen LogP) is 2.38. The average molecular weight is 205 g/mol. The molecule has 1 aromatic heterocycles. The Morgan fingerprint density at radius 3 is 2.93 bits per heavy atom. The van der Waals surface area contributed by atoms with Crippen molar-refractivity contribution in [2.45, 2.75) is 6.42 Å². The van der Waals surface area contributed by atoms with Gasteiger partial charge in [-0.15, -0.1) is 11.3 Å². The van der Waals surface area contributed by atoms with Gasteiger partial charge >= 0.3 is 0 Å². The molecule has 0 unspecified atom stereocenters. The van der Waals surface area contributed by atoms with Crippen LogP contribution in [0.5, 0.6) is 11.5 Å². The van der Waals surface area contributed by atoms with E-state index in [1.54, 1.807) is 11.4 Å². The topological polar surface area (TPSA) is 64.2 Å². The van der Waals surface area contributed by atoms with Crippen LogP contribution in [0.2, 0.25) is 0 Å². The SMILES string of the molecule is N#CCc1cc(O)c2ccsc2c1O. The molecule has 0 radical (unpaired) electrons. The smallest absolute Gasteiger partial charge is 0.137 e. The van der Waals surface area contributed by atoms with E-state index in [2.05, 4.69) is 0 Å². The van der Waals surface area contributed by atoms with Crippen LogP contribution in [-0.2, 0) is 6.42 Å². The average Bonchev–Trinajstić information content (AvgIpc) is 2.63. The molecule has 0 saturated carbocycles. The van der Waals surface area contributed by atoms with Crippen LogP contribution in [0.1, 0.15) is 5.56 Å². The Labute approximate surface area is 84.5 Å². The van der Waals surface area contributed by atoms with Crippen molar-refractivity contribution >= 4 is 21.4 Å². The van der Waals surface area contributed by atoms with E-state index >= 15 is 0 Å². The summed E-state index contributed by atoms with van der Waals surface area (Å²) >= 11 is 1.35. The molecule has 1 aromatic carbocycles. The molecule has 3 nitrogen and oxygen atoms in total. The molecule has 2 rings (SSSR count). The van der Waals surface area contributed by atoms with Gasteiger partial charge in [-0.25, -0.2) is 0 Å². The largest absolute Gasteiger partial charge is 0.507 e. The van der Waals surface area contributed by atoms with Gasteiger partial charge < -0.3 is 10.2 Å². The summed E-state index contributed by atoms with van der Waals surface area (Å²) in [7, 11) is 0. The maximum absolute atomic E-state index is 9.74. The van der Waals surface area contributed by atoms with Crippen LogP contribution in [0, 0.1) is 11.3 Å².